The summed E-state index contributed by atoms with van der Waals surface area (Å²) in [5.74, 6) is -0.864. The molecule has 0 radical (unpaired) electrons. The summed E-state index contributed by atoms with van der Waals surface area (Å²) in [5, 5.41) is 2.54. The van der Waals surface area contributed by atoms with Crippen LogP contribution in [0.1, 0.15) is 22.0 Å². The summed E-state index contributed by atoms with van der Waals surface area (Å²) >= 11 is 7.03. The topological polar surface area (TPSA) is 55.1 Å². The third-order valence-corrected chi connectivity index (χ3v) is 4.89. The van der Waals surface area contributed by atoms with Gasteiger partial charge in [-0.25, -0.2) is 8.78 Å². The van der Waals surface area contributed by atoms with E-state index in [-0.39, 0.29) is 5.02 Å². The fourth-order valence-electron chi connectivity index (χ4n) is 2.28. The molecule has 0 aromatic heterocycles. The molecule has 0 spiro atoms. The molecule has 1 heterocycles. The highest BCUT2D eigenvalue weighted by Crippen LogP contribution is 2.41. The zero-order valence-corrected chi connectivity index (χ0v) is 12.8. The highest BCUT2D eigenvalue weighted by molar-refractivity contribution is 7.99. The Morgan fingerprint density at radius 2 is 2.00 bits per heavy atom. The summed E-state index contributed by atoms with van der Waals surface area (Å²) < 4.78 is 26.9. The van der Waals surface area contributed by atoms with Crippen LogP contribution in [0.2, 0.25) is 5.02 Å². The SMILES string of the molecule is NC1CSc2c(C(=O)Nc3ccc(F)c(Cl)c3)ccc(F)c21. The number of carbonyl (C=O) groups excluding carboxylic acids is 1. The zero-order valence-electron chi connectivity index (χ0n) is 11.2. The van der Waals surface area contributed by atoms with E-state index in [1.165, 1.54) is 36.0 Å². The van der Waals surface area contributed by atoms with Crippen LogP contribution in [0.25, 0.3) is 0 Å². The number of halogens is 3. The molecular formula is C15H11ClF2N2OS. The summed E-state index contributed by atoms with van der Waals surface area (Å²) in [5.41, 5.74) is 6.93. The molecule has 0 bridgehead atoms. The van der Waals surface area contributed by atoms with Gasteiger partial charge in [-0.3, -0.25) is 4.79 Å². The Hall–Kier alpha value is -1.63. The van der Waals surface area contributed by atoms with Crippen LogP contribution in [0.15, 0.2) is 35.2 Å². The minimum Gasteiger partial charge on any atom is -0.323 e. The first-order valence-electron chi connectivity index (χ1n) is 6.44. The van der Waals surface area contributed by atoms with Crippen LogP contribution in [0, 0.1) is 11.6 Å². The second-order valence-corrected chi connectivity index (χ2v) is 6.28. The van der Waals surface area contributed by atoms with Crippen molar-refractivity contribution in [2.45, 2.75) is 10.9 Å². The number of nitrogens with two attached hydrogens (primary N) is 1. The molecular weight excluding hydrogens is 330 g/mol. The summed E-state index contributed by atoms with van der Waals surface area (Å²) in [6.45, 7) is 0. The lowest BCUT2D eigenvalue weighted by atomic mass is 10.0. The standard InChI is InChI=1S/C15H11ClF2N2OS/c16-9-5-7(1-3-10(9)17)20-15(21)8-2-4-11(18)13-12(19)6-22-14(8)13/h1-5,12H,6,19H2,(H,20,21). The average Bonchev–Trinajstić information content (AvgIpc) is 2.86. The second kappa shape index (κ2) is 5.87. The normalized spacial score (nSPS) is 16.5. The molecule has 2 aromatic carbocycles. The predicted molar refractivity (Wildman–Crippen MR) is 83.4 cm³/mol. The van der Waals surface area contributed by atoms with Crippen molar-refractivity contribution in [3.63, 3.8) is 0 Å². The van der Waals surface area contributed by atoms with Crippen LogP contribution in [0.5, 0.6) is 0 Å². The van der Waals surface area contributed by atoms with E-state index in [9.17, 15) is 13.6 Å². The number of fused-ring (bicyclic) bond motifs is 1. The monoisotopic (exact) mass is 340 g/mol. The largest absolute Gasteiger partial charge is 0.323 e. The number of hydrogen-bond acceptors (Lipinski definition) is 3. The lowest BCUT2D eigenvalue weighted by Gasteiger charge is -2.11. The van der Waals surface area contributed by atoms with Gasteiger partial charge in [0.15, 0.2) is 0 Å². The van der Waals surface area contributed by atoms with Crippen LogP contribution in [0.3, 0.4) is 0 Å². The van der Waals surface area contributed by atoms with E-state index in [4.69, 9.17) is 17.3 Å². The van der Waals surface area contributed by atoms with Gasteiger partial charge in [-0.2, -0.15) is 0 Å². The van der Waals surface area contributed by atoms with Crippen molar-refractivity contribution in [1.82, 2.24) is 0 Å². The van der Waals surface area contributed by atoms with Crippen molar-refractivity contribution < 1.29 is 13.6 Å². The summed E-state index contributed by atoms with van der Waals surface area (Å²) in [4.78, 5) is 12.9. The van der Waals surface area contributed by atoms with Gasteiger partial charge in [0.1, 0.15) is 11.6 Å². The van der Waals surface area contributed by atoms with Gasteiger partial charge in [-0.1, -0.05) is 11.6 Å². The molecule has 1 amide bonds. The number of carbonyl (C=O) groups is 1. The number of rotatable bonds is 2. The molecule has 0 aliphatic carbocycles. The first kappa shape index (κ1) is 15.3. The maximum atomic E-state index is 13.8. The Labute approximate surface area is 134 Å². The van der Waals surface area contributed by atoms with Crippen LogP contribution < -0.4 is 11.1 Å². The number of nitrogens with one attached hydrogen (secondary N) is 1. The van der Waals surface area contributed by atoms with Crippen molar-refractivity contribution in [2.75, 3.05) is 11.1 Å². The van der Waals surface area contributed by atoms with Gasteiger partial charge in [0.25, 0.3) is 5.91 Å². The Morgan fingerprint density at radius 1 is 1.27 bits per heavy atom. The lowest BCUT2D eigenvalue weighted by molar-refractivity contribution is 0.102. The number of anilines is 1. The summed E-state index contributed by atoms with van der Waals surface area (Å²) in [6, 6.07) is 6.11. The molecule has 0 saturated carbocycles. The van der Waals surface area contributed by atoms with E-state index < -0.39 is 23.6 Å². The molecule has 3 rings (SSSR count). The van der Waals surface area contributed by atoms with Crippen molar-refractivity contribution in [3.8, 4) is 0 Å². The fraction of sp³-hybridized carbons (Fsp3) is 0.133. The van der Waals surface area contributed by atoms with E-state index in [2.05, 4.69) is 5.32 Å². The number of thioether (sulfide) groups is 1. The molecule has 1 atom stereocenters. The molecule has 22 heavy (non-hydrogen) atoms. The van der Waals surface area contributed by atoms with Gasteiger partial charge in [-0.05, 0) is 30.3 Å². The molecule has 114 valence electrons. The minimum absolute atomic E-state index is 0.0847. The van der Waals surface area contributed by atoms with Crippen molar-refractivity contribution >= 4 is 35.0 Å². The Kier molecular flexibility index (Phi) is 4.08. The predicted octanol–water partition coefficient (Wildman–Crippen LogP) is 3.98. The molecule has 0 fully saturated rings. The molecule has 0 saturated heterocycles. The summed E-state index contributed by atoms with van der Waals surface area (Å²) in [7, 11) is 0. The van der Waals surface area contributed by atoms with Crippen molar-refractivity contribution in [3.05, 3.63) is 58.1 Å². The molecule has 1 aliphatic heterocycles. The van der Waals surface area contributed by atoms with Gasteiger partial charge in [0, 0.05) is 27.9 Å². The highest BCUT2D eigenvalue weighted by atomic mass is 35.5. The van der Waals surface area contributed by atoms with Gasteiger partial charge >= 0.3 is 0 Å². The van der Waals surface area contributed by atoms with Crippen molar-refractivity contribution in [2.24, 2.45) is 5.73 Å². The quantitative estimate of drug-likeness (QED) is 0.869. The van der Waals surface area contributed by atoms with Gasteiger partial charge in [0.2, 0.25) is 0 Å². The summed E-state index contributed by atoms with van der Waals surface area (Å²) in [6.07, 6.45) is 0. The molecule has 1 unspecified atom stereocenters. The van der Waals surface area contributed by atoms with E-state index in [0.717, 1.165) is 6.07 Å². The minimum atomic E-state index is -0.566. The van der Waals surface area contributed by atoms with E-state index in [1.807, 2.05) is 0 Å². The first-order valence-corrected chi connectivity index (χ1v) is 7.81. The molecule has 3 N–H and O–H groups in total. The number of amides is 1. The molecule has 1 aliphatic rings. The smallest absolute Gasteiger partial charge is 0.256 e. The third kappa shape index (κ3) is 2.69. The maximum absolute atomic E-state index is 13.8. The van der Waals surface area contributed by atoms with E-state index in [1.54, 1.807) is 0 Å². The highest BCUT2D eigenvalue weighted by Gasteiger charge is 2.28. The van der Waals surface area contributed by atoms with E-state index in [0.29, 0.717) is 27.5 Å². The average molecular weight is 341 g/mol. The lowest BCUT2D eigenvalue weighted by Crippen LogP contribution is -2.15. The molecule has 7 heteroatoms. The second-order valence-electron chi connectivity index (χ2n) is 4.84. The number of hydrogen-bond donors (Lipinski definition) is 2. The number of benzene rings is 2. The Bertz CT molecular complexity index is 769. The van der Waals surface area contributed by atoms with Gasteiger partial charge in [0.05, 0.1) is 10.6 Å². The van der Waals surface area contributed by atoms with E-state index >= 15 is 0 Å². The Morgan fingerprint density at radius 3 is 2.73 bits per heavy atom. The van der Waals surface area contributed by atoms with Gasteiger partial charge < -0.3 is 11.1 Å². The zero-order chi connectivity index (χ0) is 15.9. The first-order chi connectivity index (χ1) is 10.5. The van der Waals surface area contributed by atoms with Crippen LogP contribution in [0.4, 0.5) is 14.5 Å². The molecule has 3 nitrogen and oxygen atoms in total. The molecule has 2 aromatic rings. The fourth-order valence-corrected chi connectivity index (χ4v) is 3.70. The van der Waals surface area contributed by atoms with Crippen LogP contribution >= 0.6 is 23.4 Å². The van der Waals surface area contributed by atoms with Crippen LogP contribution in [-0.4, -0.2) is 11.7 Å². The van der Waals surface area contributed by atoms with Crippen molar-refractivity contribution in [1.29, 1.82) is 0 Å². The van der Waals surface area contributed by atoms with Crippen LogP contribution in [-0.2, 0) is 0 Å². The Balaban J connectivity index is 1.92. The maximum Gasteiger partial charge on any atom is 0.256 e. The van der Waals surface area contributed by atoms with Gasteiger partial charge in [-0.15, -0.1) is 11.8 Å². The third-order valence-electron chi connectivity index (χ3n) is 3.34.